The van der Waals surface area contributed by atoms with Crippen LogP contribution in [0.15, 0.2) is 0 Å². The van der Waals surface area contributed by atoms with E-state index in [0.717, 1.165) is 19.5 Å². The molecular weight excluding hydrogens is 144 g/mol. The number of rotatable bonds is 0. The van der Waals surface area contributed by atoms with Crippen LogP contribution in [0.4, 0.5) is 0 Å². The van der Waals surface area contributed by atoms with Gasteiger partial charge in [0.2, 0.25) is 0 Å². The van der Waals surface area contributed by atoms with E-state index in [2.05, 4.69) is 17.2 Å². The first-order valence-electron chi connectivity index (χ1n) is 3.45. The maximum absolute atomic E-state index is 4.41. The van der Waals surface area contributed by atoms with Crippen LogP contribution in [0, 0.1) is 6.92 Å². The lowest BCUT2D eigenvalue weighted by Crippen LogP contribution is -2.15. The van der Waals surface area contributed by atoms with E-state index in [1.54, 1.807) is 11.3 Å². The van der Waals surface area contributed by atoms with Crippen molar-refractivity contribution in [2.24, 2.45) is 0 Å². The lowest BCUT2D eigenvalue weighted by Gasteiger charge is -2.07. The summed E-state index contributed by atoms with van der Waals surface area (Å²) in [4.78, 5) is 5.79. The van der Waals surface area contributed by atoms with E-state index in [0.29, 0.717) is 0 Å². The molecule has 0 saturated heterocycles. The zero-order valence-corrected chi connectivity index (χ0v) is 6.74. The van der Waals surface area contributed by atoms with E-state index in [4.69, 9.17) is 0 Å². The van der Waals surface area contributed by atoms with Crippen molar-refractivity contribution in [2.75, 3.05) is 6.54 Å². The maximum Gasteiger partial charge on any atom is 0.0900 e. The Morgan fingerprint density at radius 3 is 3.20 bits per heavy atom. The maximum atomic E-state index is 4.41. The summed E-state index contributed by atoms with van der Waals surface area (Å²) >= 11 is 1.79. The van der Waals surface area contributed by atoms with Crippen molar-refractivity contribution in [3.8, 4) is 0 Å². The smallest absolute Gasteiger partial charge is 0.0900 e. The Balaban J connectivity index is 2.41. The number of aryl methyl sites for hydroxylation is 1. The molecule has 2 rings (SSSR count). The van der Waals surface area contributed by atoms with Gasteiger partial charge in [-0.05, 0) is 6.92 Å². The van der Waals surface area contributed by atoms with Crippen molar-refractivity contribution in [3.05, 3.63) is 15.6 Å². The standard InChI is InChI=1S/C7H9N2S/c1-5-9-6-2-3-8-4-7(6)10-5/h2-4H2,1H3. The number of fused-ring (bicyclic) bond motifs is 1. The van der Waals surface area contributed by atoms with Crippen LogP contribution < -0.4 is 5.32 Å². The highest BCUT2D eigenvalue weighted by Crippen LogP contribution is 2.20. The van der Waals surface area contributed by atoms with E-state index in [-0.39, 0.29) is 0 Å². The molecule has 1 radical (unpaired) electrons. The third kappa shape index (κ3) is 0.954. The third-order valence-electron chi connectivity index (χ3n) is 1.65. The summed E-state index contributed by atoms with van der Waals surface area (Å²) in [6, 6.07) is 0. The van der Waals surface area contributed by atoms with Gasteiger partial charge in [0, 0.05) is 24.4 Å². The van der Waals surface area contributed by atoms with Gasteiger partial charge < -0.3 is 0 Å². The number of nitrogens with zero attached hydrogens (tertiary/aromatic N) is 2. The molecule has 0 amide bonds. The summed E-state index contributed by atoms with van der Waals surface area (Å²) in [5, 5.41) is 5.48. The van der Waals surface area contributed by atoms with Crippen molar-refractivity contribution in [1.82, 2.24) is 10.3 Å². The van der Waals surface area contributed by atoms with Crippen LogP contribution in [-0.4, -0.2) is 11.5 Å². The fourth-order valence-corrected chi connectivity index (χ4v) is 2.13. The first-order valence-corrected chi connectivity index (χ1v) is 4.26. The molecule has 2 heterocycles. The molecule has 0 bridgehead atoms. The minimum absolute atomic E-state index is 0.904. The topological polar surface area (TPSA) is 27.0 Å². The molecule has 0 fully saturated rings. The second-order valence-corrected chi connectivity index (χ2v) is 3.75. The summed E-state index contributed by atoms with van der Waals surface area (Å²) in [5.74, 6) is 0. The van der Waals surface area contributed by atoms with Gasteiger partial charge in [0.05, 0.1) is 10.7 Å². The predicted molar refractivity (Wildman–Crippen MR) is 41.3 cm³/mol. The summed E-state index contributed by atoms with van der Waals surface area (Å²) in [6.07, 6.45) is 1.06. The van der Waals surface area contributed by atoms with Crippen LogP contribution >= 0.6 is 11.3 Å². The van der Waals surface area contributed by atoms with Crippen LogP contribution in [0.3, 0.4) is 0 Å². The molecule has 1 aliphatic rings. The first kappa shape index (κ1) is 6.31. The lowest BCUT2D eigenvalue weighted by molar-refractivity contribution is 0.630. The lowest BCUT2D eigenvalue weighted by atomic mass is 10.2. The van der Waals surface area contributed by atoms with E-state index < -0.39 is 0 Å². The summed E-state index contributed by atoms with van der Waals surface area (Å²) in [5.41, 5.74) is 1.29. The molecule has 0 N–H and O–H groups in total. The molecule has 10 heavy (non-hydrogen) atoms. The van der Waals surface area contributed by atoms with Gasteiger partial charge in [0.25, 0.3) is 0 Å². The summed E-state index contributed by atoms with van der Waals surface area (Å²) in [6.45, 7) is 3.93. The third-order valence-corrected chi connectivity index (χ3v) is 2.65. The van der Waals surface area contributed by atoms with Gasteiger partial charge in [-0.1, -0.05) is 0 Å². The Hall–Kier alpha value is -0.410. The molecule has 53 valence electrons. The molecule has 0 aromatic carbocycles. The molecule has 1 aromatic rings. The number of aromatic nitrogens is 1. The van der Waals surface area contributed by atoms with E-state index in [9.17, 15) is 0 Å². The predicted octanol–water partition coefficient (Wildman–Crippen LogP) is 1.11. The molecule has 0 aliphatic carbocycles. The minimum Gasteiger partial charge on any atom is -0.246 e. The Morgan fingerprint density at radius 2 is 2.40 bits per heavy atom. The fraction of sp³-hybridized carbons (Fsp3) is 0.571. The van der Waals surface area contributed by atoms with E-state index in [1.165, 1.54) is 15.6 Å². The van der Waals surface area contributed by atoms with Crippen LogP contribution in [0.2, 0.25) is 0 Å². The second-order valence-electron chi connectivity index (χ2n) is 2.46. The molecule has 1 aromatic heterocycles. The molecule has 0 atom stereocenters. The molecule has 0 saturated carbocycles. The van der Waals surface area contributed by atoms with Crippen molar-refractivity contribution in [2.45, 2.75) is 19.9 Å². The Labute approximate surface area is 64.3 Å². The van der Waals surface area contributed by atoms with Crippen molar-refractivity contribution in [3.63, 3.8) is 0 Å². The van der Waals surface area contributed by atoms with Crippen molar-refractivity contribution >= 4 is 11.3 Å². The normalized spacial score (nSPS) is 16.9. The van der Waals surface area contributed by atoms with Gasteiger partial charge in [-0.2, -0.15) is 0 Å². The Kier molecular flexibility index (Phi) is 1.47. The number of hydrogen-bond acceptors (Lipinski definition) is 2. The summed E-state index contributed by atoms with van der Waals surface area (Å²) in [7, 11) is 0. The Bertz CT molecular complexity index is 218. The van der Waals surface area contributed by atoms with Crippen molar-refractivity contribution < 1.29 is 0 Å². The monoisotopic (exact) mass is 153 g/mol. The van der Waals surface area contributed by atoms with Gasteiger partial charge >= 0.3 is 0 Å². The number of hydrogen-bond donors (Lipinski definition) is 0. The summed E-state index contributed by atoms with van der Waals surface area (Å²) < 4.78 is 0. The van der Waals surface area contributed by atoms with Gasteiger partial charge in [-0.25, -0.2) is 10.3 Å². The molecule has 1 aliphatic heterocycles. The second kappa shape index (κ2) is 2.32. The van der Waals surface area contributed by atoms with E-state index in [1.807, 2.05) is 0 Å². The average molecular weight is 153 g/mol. The zero-order chi connectivity index (χ0) is 6.97. The zero-order valence-electron chi connectivity index (χ0n) is 5.92. The van der Waals surface area contributed by atoms with Crippen LogP contribution in [-0.2, 0) is 13.0 Å². The molecule has 3 heteroatoms. The van der Waals surface area contributed by atoms with Crippen LogP contribution in [0.25, 0.3) is 0 Å². The van der Waals surface area contributed by atoms with Crippen molar-refractivity contribution in [1.29, 1.82) is 0 Å². The molecular formula is C7H9N2S. The van der Waals surface area contributed by atoms with Crippen LogP contribution in [0.5, 0.6) is 0 Å². The SMILES string of the molecule is Cc1nc2c(s1)C[N]CC2. The fourth-order valence-electron chi connectivity index (χ4n) is 1.20. The van der Waals surface area contributed by atoms with Crippen LogP contribution in [0.1, 0.15) is 15.6 Å². The van der Waals surface area contributed by atoms with Gasteiger partial charge in [-0.15, -0.1) is 11.3 Å². The first-order chi connectivity index (χ1) is 4.86. The quantitative estimate of drug-likeness (QED) is 0.548. The largest absolute Gasteiger partial charge is 0.246 e. The highest BCUT2D eigenvalue weighted by molar-refractivity contribution is 7.11. The molecule has 0 unspecified atom stereocenters. The average Bonchev–Trinajstić information content (AvgIpc) is 2.27. The molecule has 0 spiro atoms. The minimum atomic E-state index is 0.904. The Morgan fingerprint density at radius 1 is 1.50 bits per heavy atom. The van der Waals surface area contributed by atoms with Gasteiger partial charge in [-0.3, -0.25) is 0 Å². The van der Waals surface area contributed by atoms with Gasteiger partial charge in [0.15, 0.2) is 0 Å². The van der Waals surface area contributed by atoms with Gasteiger partial charge in [0.1, 0.15) is 0 Å². The molecule has 2 nitrogen and oxygen atoms in total. The highest BCUT2D eigenvalue weighted by Gasteiger charge is 2.12. The van der Waals surface area contributed by atoms with E-state index >= 15 is 0 Å². The highest BCUT2D eigenvalue weighted by atomic mass is 32.1. The number of thiazole rings is 1.